The summed E-state index contributed by atoms with van der Waals surface area (Å²) < 4.78 is 33.4. The number of nitrogen functional groups attached to an aromatic ring is 1. The SMILES string of the molecule is N=C(C(=O)NC[C@@H](CNc1ccc(C(=O)NCc2cc(=O)c(O)cn2O)cn1)N(C=O)S(=O)(=O)O)c1csc(N)n1. The van der Waals surface area contributed by atoms with E-state index in [-0.39, 0.29) is 51.7 Å². The van der Waals surface area contributed by atoms with Crippen LogP contribution in [0.25, 0.3) is 0 Å². The minimum absolute atomic E-state index is 0.00468. The molecular weight excluding hydrogens is 586 g/mol. The normalized spacial score (nSPS) is 11.7. The maximum Gasteiger partial charge on any atom is 0.362 e. The molecule has 3 heterocycles. The number of thiazole rings is 1. The second kappa shape index (κ2) is 12.8. The van der Waals surface area contributed by atoms with Gasteiger partial charge in [0.1, 0.15) is 17.2 Å². The highest BCUT2D eigenvalue weighted by molar-refractivity contribution is 7.83. The Labute approximate surface area is 234 Å². The van der Waals surface area contributed by atoms with Crippen LogP contribution in [0.5, 0.6) is 5.75 Å². The fourth-order valence-electron chi connectivity index (χ4n) is 3.21. The number of hydrogen-bond donors (Lipinski definition) is 8. The zero-order valence-corrected chi connectivity index (χ0v) is 22.3. The van der Waals surface area contributed by atoms with Gasteiger partial charge in [-0.2, -0.15) is 13.1 Å². The molecule has 1 atom stereocenters. The highest BCUT2D eigenvalue weighted by Gasteiger charge is 2.28. The Kier molecular flexibility index (Phi) is 9.55. The van der Waals surface area contributed by atoms with Crippen LogP contribution in [-0.4, -0.2) is 85.4 Å². The number of carbonyl (C=O) groups excluding carboxylic acids is 3. The van der Waals surface area contributed by atoms with E-state index in [4.69, 9.17) is 11.1 Å². The average Bonchev–Trinajstić information content (AvgIpc) is 3.36. The lowest BCUT2D eigenvalue weighted by Gasteiger charge is -2.25. The quantitative estimate of drug-likeness (QED) is 0.0468. The molecule has 41 heavy (non-hydrogen) atoms. The van der Waals surface area contributed by atoms with Crippen molar-refractivity contribution >= 4 is 56.5 Å². The van der Waals surface area contributed by atoms with E-state index < -0.39 is 51.6 Å². The Morgan fingerprint density at radius 3 is 2.59 bits per heavy atom. The first-order chi connectivity index (χ1) is 19.3. The van der Waals surface area contributed by atoms with E-state index in [0.29, 0.717) is 4.73 Å². The third kappa shape index (κ3) is 7.97. The molecule has 0 aliphatic heterocycles. The van der Waals surface area contributed by atoms with Crippen LogP contribution in [-0.2, 0) is 26.4 Å². The van der Waals surface area contributed by atoms with Crippen LogP contribution in [0, 0.1) is 5.41 Å². The largest absolute Gasteiger partial charge is 0.503 e. The number of pyridine rings is 2. The molecule has 0 unspecified atom stereocenters. The Balaban J connectivity index is 1.63. The van der Waals surface area contributed by atoms with Crippen molar-refractivity contribution in [1.29, 1.82) is 5.41 Å². The smallest absolute Gasteiger partial charge is 0.362 e. The van der Waals surface area contributed by atoms with Crippen molar-refractivity contribution in [2.75, 3.05) is 24.1 Å². The van der Waals surface area contributed by atoms with Crippen LogP contribution in [0.2, 0.25) is 0 Å². The number of amides is 3. The fourth-order valence-corrected chi connectivity index (χ4v) is 4.40. The van der Waals surface area contributed by atoms with Gasteiger partial charge in [-0.1, -0.05) is 0 Å². The molecule has 0 radical (unpaired) electrons. The molecule has 218 valence electrons. The molecular formula is C21H23N9O9S2. The van der Waals surface area contributed by atoms with Gasteiger partial charge in [-0.25, -0.2) is 14.3 Å². The lowest BCUT2D eigenvalue weighted by Crippen LogP contribution is -2.50. The molecule has 3 amide bonds. The molecule has 9 N–H and O–H groups in total. The minimum atomic E-state index is -5.02. The first-order valence-corrected chi connectivity index (χ1v) is 13.5. The predicted octanol–water partition coefficient (Wildman–Crippen LogP) is -1.62. The summed E-state index contributed by atoms with van der Waals surface area (Å²) in [4.78, 5) is 55.5. The molecule has 3 aromatic rings. The highest BCUT2D eigenvalue weighted by Crippen LogP contribution is 2.12. The number of aromatic nitrogens is 3. The summed E-state index contributed by atoms with van der Waals surface area (Å²) in [6.45, 7) is -1.13. The summed E-state index contributed by atoms with van der Waals surface area (Å²) in [6.07, 6.45) is 1.78. The van der Waals surface area contributed by atoms with Crippen molar-refractivity contribution < 1.29 is 37.7 Å². The zero-order chi connectivity index (χ0) is 30.3. The number of anilines is 2. The van der Waals surface area contributed by atoms with Crippen LogP contribution in [0.1, 0.15) is 21.7 Å². The van der Waals surface area contributed by atoms with Crippen LogP contribution < -0.4 is 27.1 Å². The van der Waals surface area contributed by atoms with Crippen molar-refractivity contribution in [3.63, 3.8) is 0 Å². The number of rotatable bonds is 13. The highest BCUT2D eigenvalue weighted by atomic mass is 32.2. The summed E-state index contributed by atoms with van der Waals surface area (Å²) >= 11 is 1.00. The zero-order valence-electron chi connectivity index (χ0n) is 20.7. The molecule has 3 rings (SSSR count). The monoisotopic (exact) mass is 609 g/mol. The van der Waals surface area contributed by atoms with Crippen LogP contribution in [0.15, 0.2) is 40.8 Å². The van der Waals surface area contributed by atoms with Crippen molar-refractivity contribution in [3.05, 3.63) is 63.1 Å². The summed E-state index contributed by atoms with van der Waals surface area (Å²) in [5, 5.41) is 35.9. The van der Waals surface area contributed by atoms with Crippen molar-refractivity contribution in [2.45, 2.75) is 12.6 Å². The number of nitrogens with zero attached hydrogens (tertiary/aromatic N) is 4. The minimum Gasteiger partial charge on any atom is -0.503 e. The Hall–Kier alpha value is -5.08. The number of hydrogen-bond acceptors (Lipinski definition) is 14. The molecule has 0 aromatic carbocycles. The van der Waals surface area contributed by atoms with Gasteiger partial charge in [0.15, 0.2) is 10.9 Å². The summed E-state index contributed by atoms with van der Waals surface area (Å²) in [5.74, 6) is -2.13. The van der Waals surface area contributed by atoms with Crippen molar-refractivity contribution in [3.8, 4) is 5.75 Å². The van der Waals surface area contributed by atoms with Crippen LogP contribution >= 0.6 is 11.3 Å². The van der Waals surface area contributed by atoms with E-state index in [9.17, 15) is 42.5 Å². The second-order valence-corrected chi connectivity index (χ2v) is 10.3. The molecule has 0 bridgehead atoms. The van der Waals surface area contributed by atoms with E-state index in [1.54, 1.807) is 0 Å². The summed E-state index contributed by atoms with van der Waals surface area (Å²) in [7, 11) is -5.02. The molecule has 0 aliphatic carbocycles. The lowest BCUT2D eigenvalue weighted by atomic mass is 10.2. The fraction of sp³-hybridized carbons (Fsp3) is 0.190. The topological polar surface area (TPSA) is 283 Å². The molecule has 0 spiro atoms. The van der Waals surface area contributed by atoms with Gasteiger partial charge in [-0.05, 0) is 12.1 Å². The molecule has 18 nitrogen and oxygen atoms in total. The van der Waals surface area contributed by atoms with E-state index in [2.05, 4.69) is 25.9 Å². The lowest BCUT2D eigenvalue weighted by molar-refractivity contribution is -0.117. The van der Waals surface area contributed by atoms with Gasteiger partial charge in [0.05, 0.1) is 30.0 Å². The summed E-state index contributed by atoms with van der Waals surface area (Å²) in [5.41, 5.74) is 4.24. The van der Waals surface area contributed by atoms with Gasteiger partial charge in [-0.15, -0.1) is 11.3 Å². The second-order valence-electron chi connectivity index (χ2n) is 8.08. The van der Waals surface area contributed by atoms with Gasteiger partial charge in [0.25, 0.3) is 11.8 Å². The van der Waals surface area contributed by atoms with Crippen LogP contribution in [0.4, 0.5) is 10.9 Å². The third-order valence-electron chi connectivity index (χ3n) is 5.30. The van der Waals surface area contributed by atoms with Gasteiger partial charge >= 0.3 is 10.3 Å². The van der Waals surface area contributed by atoms with Gasteiger partial charge in [-0.3, -0.25) is 29.1 Å². The summed E-state index contributed by atoms with van der Waals surface area (Å²) in [6, 6.07) is 2.25. The maximum absolute atomic E-state index is 12.4. The van der Waals surface area contributed by atoms with Crippen molar-refractivity contribution in [2.24, 2.45) is 0 Å². The molecule has 0 fully saturated rings. The van der Waals surface area contributed by atoms with Gasteiger partial charge in [0.2, 0.25) is 11.8 Å². The Bertz CT molecular complexity index is 1620. The van der Waals surface area contributed by atoms with E-state index in [1.165, 1.54) is 17.5 Å². The molecule has 0 saturated carbocycles. The van der Waals surface area contributed by atoms with Crippen molar-refractivity contribution in [1.82, 2.24) is 29.6 Å². The van der Waals surface area contributed by atoms with E-state index in [1.807, 2.05) is 0 Å². The standard InChI is InChI=1S/C21H23N9O9S2/c22-18(14-9-40-21(23)28-14)20(35)27-7-13(30(10-31)41(37,38)39)6-25-17-2-1-11(4-24-17)19(34)26-5-12-3-15(32)16(33)8-29(12)36/h1-4,8-10,13,22,33,36H,5-7H2,(H2,23,28)(H,24,25)(H,26,34)(H,27,35)(H,37,38,39)/t13-/m1/s1. The maximum atomic E-state index is 12.4. The van der Waals surface area contributed by atoms with E-state index in [0.717, 1.165) is 29.8 Å². The number of aromatic hydroxyl groups is 1. The Morgan fingerprint density at radius 2 is 2.00 bits per heavy atom. The first-order valence-electron chi connectivity index (χ1n) is 11.2. The van der Waals surface area contributed by atoms with Crippen LogP contribution in [0.3, 0.4) is 0 Å². The molecule has 0 saturated heterocycles. The number of nitrogens with one attached hydrogen (secondary N) is 4. The number of carbonyl (C=O) groups is 3. The Morgan fingerprint density at radius 1 is 1.27 bits per heavy atom. The predicted molar refractivity (Wildman–Crippen MR) is 143 cm³/mol. The van der Waals surface area contributed by atoms with Gasteiger partial charge < -0.3 is 32.0 Å². The molecule has 3 aromatic heterocycles. The number of nitrogens with two attached hydrogens (primary N) is 1. The molecule has 0 aliphatic rings. The first kappa shape index (κ1) is 30.5. The third-order valence-corrected chi connectivity index (χ3v) is 6.89. The van der Waals surface area contributed by atoms with Gasteiger partial charge in [0, 0.05) is 30.7 Å². The average molecular weight is 610 g/mol. The molecule has 20 heteroatoms. The van der Waals surface area contributed by atoms with E-state index >= 15 is 0 Å².